The molecule has 2 N–H and O–H groups in total. The van der Waals surface area contributed by atoms with Crippen LogP contribution in [0.25, 0.3) is 0 Å². The van der Waals surface area contributed by atoms with Gasteiger partial charge in [0.25, 0.3) is 0 Å². The van der Waals surface area contributed by atoms with E-state index in [-0.39, 0.29) is 0 Å². The van der Waals surface area contributed by atoms with Crippen molar-refractivity contribution in [2.24, 2.45) is 5.92 Å². The number of nitrogens with one attached hydrogen (secondary N) is 1. The van der Waals surface area contributed by atoms with E-state index in [1.807, 2.05) is 0 Å². The maximum absolute atomic E-state index is 7.00. The minimum Gasteiger partial charge on any atom is -0.400 e. The molecule has 9 heavy (non-hydrogen) atoms. The van der Waals surface area contributed by atoms with Gasteiger partial charge in [-0.25, -0.2) is 0 Å². The summed E-state index contributed by atoms with van der Waals surface area (Å²) >= 11 is 0. The zero-order valence-corrected chi connectivity index (χ0v) is 6.35. The van der Waals surface area contributed by atoms with Gasteiger partial charge in [0, 0.05) is 7.11 Å². The van der Waals surface area contributed by atoms with Crippen LogP contribution in [0.4, 0.5) is 0 Å². The monoisotopic (exact) mass is 131 g/mol. The van der Waals surface area contributed by atoms with Crippen molar-refractivity contribution < 1.29 is 5.11 Å². The van der Waals surface area contributed by atoms with Crippen LogP contribution in [0.5, 0.6) is 0 Å². The van der Waals surface area contributed by atoms with Crippen molar-refractivity contribution in [1.82, 2.24) is 5.32 Å². The quantitative estimate of drug-likeness (QED) is 0.505. The molecule has 1 saturated heterocycles. The van der Waals surface area contributed by atoms with Gasteiger partial charge in [0.15, 0.2) is 0 Å². The van der Waals surface area contributed by atoms with E-state index in [1.54, 1.807) is 0 Å². The molecule has 0 amide bonds. The molecule has 1 aliphatic heterocycles. The Hall–Kier alpha value is -0.0800. The molecule has 0 aromatic carbocycles. The van der Waals surface area contributed by atoms with Crippen molar-refractivity contribution >= 4 is 0 Å². The van der Waals surface area contributed by atoms with E-state index >= 15 is 0 Å². The molecule has 0 aromatic heterocycles. The van der Waals surface area contributed by atoms with Gasteiger partial charge in [-0.1, -0.05) is 6.92 Å². The van der Waals surface area contributed by atoms with Gasteiger partial charge < -0.3 is 10.4 Å². The molecule has 1 rings (SSSR count). The Morgan fingerprint density at radius 3 is 1.89 bits per heavy atom. The summed E-state index contributed by atoms with van der Waals surface area (Å²) in [5, 5.41) is 10.3. The smallest absolute Gasteiger partial charge is 0.0319 e. The second-order valence-electron chi connectivity index (χ2n) is 2.43. The Labute approximate surface area is 57.3 Å². The van der Waals surface area contributed by atoms with Gasteiger partial charge in [-0.05, 0) is 31.8 Å². The Balaban J connectivity index is 0.000000291. The number of aliphatic hydroxyl groups excluding tert-OH is 1. The number of piperidine rings is 1. The molecular weight excluding hydrogens is 114 g/mol. The maximum Gasteiger partial charge on any atom is 0.0319 e. The standard InChI is InChI=1S/C6H13N.CH4O/c1-6-2-4-7-5-3-6;1-2/h6-7H,2-5H2,1H3;2H,1H3. The zero-order chi connectivity index (χ0) is 7.11. The average Bonchev–Trinajstić information content (AvgIpc) is 1.94. The van der Waals surface area contributed by atoms with Crippen LogP contribution >= 0.6 is 0 Å². The predicted octanol–water partition coefficient (Wildman–Crippen LogP) is 0.614. The van der Waals surface area contributed by atoms with E-state index in [9.17, 15) is 0 Å². The molecule has 1 heterocycles. The normalized spacial score (nSPS) is 20.3. The second-order valence-corrected chi connectivity index (χ2v) is 2.43. The van der Waals surface area contributed by atoms with Gasteiger partial charge in [0.05, 0.1) is 0 Å². The highest BCUT2D eigenvalue weighted by atomic mass is 16.2. The molecule has 1 fully saturated rings. The molecule has 0 aliphatic carbocycles. The summed E-state index contributed by atoms with van der Waals surface area (Å²) in [4.78, 5) is 0. The molecule has 1 aliphatic rings. The van der Waals surface area contributed by atoms with Gasteiger partial charge >= 0.3 is 0 Å². The molecule has 0 atom stereocenters. The van der Waals surface area contributed by atoms with Crippen LogP contribution in [0.1, 0.15) is 19.8 Å². The summed E-state index contributed by atoms with van der Waals surface area (Å²) in [6.45, 7) is 4.79. The van der Waals surface area contributed by atoms with E-state index in [0.29, 0.717) is 0 Å². The van der Waals surface area contributed by atoms with Gasteiger partial charge in [-0.15, -0.1) is 0 Å². The molecule has 0 radical (unpaired) electrons. The highest BCUT2D eigenvalue weighted by Gasteiger charge is 2.04. The molecule has 2 nitrogen and oxygen atoms in total. The maximum atomic E-state index is 7.00. The fraction of sp³-hybridized carbons (Fsp3) is 1.00. The van der Waals surface area contributed by atoms with E-state index in [1.165, 1.54) is 25.9 Å². The van der Waals surface area contributed by atoms with Crippen molar-refractivity contribution in [1.29, 1.82) is 0 Å². The van der Waals surface area contributed by atoms with Crippen LogP contribution in [0.15, 0.2) is 0 Å². The Kier molecular flexibility index (Phi) is 5.99. The van der Waals surface area contributed by atoms with E-state index < -0.39 is 0 Å². The fourth-order valence-electron chi connectivity index (χ4n) is 0.966. The minimum atomic E-state index is 0.973. The lowest BCUT2D eigenvalue weighted by molar-refractivity contribution is 0.399. The van der Waals surface area contributed by atoms with E-state index in [2.05, 4.69) is 12.2 Å². The molecule has 0 bridgehead atoms. The molecule has 56 valence electrons. The number of rotatable bonds is 0. The van der Waals surface area contributed by atoms with Gasteiger partial charge in [0.1, 0.15) is 0 Å². The van der Waals surface area contributed by atoms with Crippen molar-refractivity contribution in [3.05, 3.63) is 0 Å². The van der Waals surface area contributed by atoms with Crippen LogP contribution in [0.3, 0.4) is 0 Å². The molecule has 0 unspecified atom stereocenters. The minimum absolute atomic E-state index is 0.973. The van der Waals surface area contributed by atoms with E-state index in [4.69, 9.17) is 5.11 Å². The second kappa shape index (κ2) is 6.05. The van der Waals surface area contributed by atoms with Crippen molar-refractivity contribution in [3.8, 4) is 0 Å². The van der Waals surface area contributed by atoms with Crippen LogP contribution in [-0.2, 0) is 0 Å². The summed E-state index contributed by atoms with van der Waals surface area (Å²) in [6.07, 6.45) is 2.75. The average molecular weight is 131 g/mol. The summed E-state index contributed by atoms with van der Waals surface area (Å²) in [5.74, 6) is 0.973. The highest BCUT2D eigenvalue weighted by Crippen LogP contribution is 2.08. The predicted molar refractivity (Wildman–Crippen MR) is 39.4 cm³/mol. The molecular formula is C7H17NO. The topological polar surface area (TPSA) is 32.3 Å². The first-order valence-corrected chi connectivity index (χ1v) is 3.55. The van der Waals surface area contributed by atoms with Crippen LogP contribution in [0, 0.1) is 5.92 Å². The fourth-order valence-corrected chi connectivity index (χ4v) is 0.966. The van der Waals surface area contributed by atoms with Crippen molar-refractivity contribution in [3.63, 3.8) is 0 Å². The van der Waals surface area contributed by atoms with Gasteiger partial charge in [-0.3, -0.25) is 0 Å². The number of aliphatic hydroxyl groups is 1. The largest absolute Gasteiger partial charge is 0.400 e. The van der Waals surface area contributed by atoms with E-state index in [0.717, 1.165) is 13.0 Å². The Morgan fingerprint density at radius 1 is 1.22 bits per heavy atom. The Bertz CT molecular complexity index is 50.9. The highest BCUT2D eigenvalue weighted by molar-refractivity contribution is 4.62. The molecule has 0 aromatic rings. The first-order chi connectivity index (χ1) is 4.39. The third-order valence-electron chi connectivity index (χ3n) is 1.63. The van der Waals surface area contributed by atoms with Crippen LogP contribution in [0.2, 0.25) is 0 Å². The Morgan fingerprint density at radius 2 is 1.67 bits per heavy atom. The number of hydrogen-bond acceptors (Lipinski definition) is 2. The first-order valence-electron chi connectivity index (χ1n) is 3.55. The lowest BCUT2D eigenvalue weighted by atomic mass is 10.0. The summed E-state index contributed by atoms with van der Waals surface area (Å²) < 4.78 is 0. The van der Waals surface area contributed by atoms with Crippen LogP contribution in [-0.4, -0.2) is 25.3 Å². The number of hydrogen-bond donors (Lipinski definition) is 2. The lowest BCUT2D eigenvalue weighted by Crippen LogP contribution is -2.26. The van der Waals surface area contributed by atoms with Crippen molar-refractivity contribution in [2.75, 3.05) is 20.2 Å². The summed E-state index contributed by atoms with van der Waals surface area (Å²) in [7, 11) is 1.00. The van der Waals surface area contributed by atoms with Gasteiger partial charge in [-0.2, -0.15) is 0 Å². The molecule has 0 saturated carbocycles. The summed E-state index contributed by atoms with van der Waals surface area (Å²) in [5.41, 5.74) is 0. The zero-order valence-electron chi connectivity index (χ0n) is 6.35. The summed E-state index contributed by atoms with van der Waals surface area (Å²) in [6, 6.07) is 0. The SMILES string of the molecule is CC1CCNCC1.CO. The first kappa shape index (κ1) is 8.92. The molecule has 0 spiro atoms. The van der Waals surface area contributed by atoms with Crippen molar-refractivity contribution in [2.45, 2.75) is 19.8 Å². The van der Waals surface area contributed by atoms with Gasteiger partial charge in [0.2, 0.25) is 0 Å². The third kappa shape index (κ3) is 4.43. The van der Waals surface area contributed by atoms with Crippen LogP contribution < -0.4 is 5.32 Å². The third-order valence-corrected chi connectivity index (χ3v) is 1.63. The lowest BCUT2D eigenvalue weighted by Gasteiger charge is -2.17. The molecule has 2 heteroatoms.